The Morgan fingerprint density at radius 3 is 2.67 bits per heavy atom. The van der Waals surface area contributed by atoms with Gasteiger partial charge in [-0.2, -0.15) is 0 Å². The van der Waals surface area contributed by atoms with E-state index in [9.17, 15) is 9.59 Å². The zero-order valence-corrected chi connectivity index (χ0v) is 20.1. The number of hydrogen-bond donors (Lipinski definition) is 1. The van der Waals surface area contributed by atoms with E-state index in [1.54, 1.807) is 0 Å². The molecule has 8 heteroatoms. The summed E-state index contributed by atoms with van der Waals surface area (Å²) < 4.78 is 1.90. The lowest BCUT2D eigenvalue weighted by Gasteiger charge is -2.24. The molecule has 0 saturated carbocycles. The summed E-state index contributed by atoms with van der Waals surface area (Å²) in [7, 11) is 1.90. The van der Waals surface area contributed by atoms with Crippen molar-refractivity contribution in [3.63, 3.8) is 0 Å². The first-order valence-electron chi connectivity index (χ1n) is 11.2. The number of likely N-dealkylation sites (tertiary alicyclic amines) is 1. The number of carbonyl (C=O) groups is 2. The molecule has 1 aliphatic heterocycles. The van der Waals surface area contributed by atoms with Crippen LogP contribution in [0.3, 0.4) is 0 Å². The van der Waals surface area contributed by atoms with E-state index in [0.717, 1.165) is 36.3 Å². The standard InChI is InChI=1S/C25H29N5O2S/c1-4-18-10-12-20(13-11-18)26-22(31)16-33-25-28-27-23(29(25)3)21-9-6-14-30(21)24(32)19-8-5-7-17(2)15-19/h5,7-8,10-13,15,21H,4,6,9,14,16H2,1-3H3,(H,26,31). The van der Waals surface area contributed by atoms with E-state index in [0.29, 0.717) is 17.3 Å². The van der Waals surface area contributed by atoms with Gasteiger partial charge in [-0.3, -0.25) is 9.59 Å². The van der Waals surface area contributed by atoms with Crippen molar-refractivity contribution in [2.24, 2.45) is 7.05 Å². The molecule has 1 aliphatic rings. The Hall–Kier alpha value is -3.13. The first-order valence-corrected chi connectivity index (χ1v) is 12.2. The highest BCUT2D eigenvalue weighted by Gasteiger charge is 2.34. The smallest absolute Gasteiger partial charge is 0.254 e. The van der Waals surface area contributed by atoms with Crippen LogP contribution in [-0.2, 0) is 18.3 Å². The van der Waals surface area contributed by atoms with Crippen molar-refractivity contribution in [3.05, 3.63) is 71.0 Å². The summed E-state index contributed by atoms with van der Waals surface area (Å²) in [4.78, 5) is 27.4. The number of hydrogen-bond acceptors (Lipinski definition) is 5. The van der Waals surface area contributed by atoms with Gasteiger partial charge in [-0.05, 0) is 56.0 Å². The highest BCUT2D eigenvalue weighted by atomic mass is 32.2. The molecule has 1 N–H and O–H groups in total. The Balaban J connectivity index is 1.40. The lowest BCUT2D eigenvalue weighted by Crippen LogP contribution is -2.32. The molecule has 7 nitrogen and oxygen atoms in total. The van der Waals surface area contributed by atoms with Gasteiger partial charge in [0.2, 0.25) is 5.91 Å². The summed E-state index contributed by atoms with van der Waals surface area (Å²) in [5, 5.41) is 12.3. The fourth-order valence-corrected chi connectivity index (χ4v) is 4.83. The monoisotopic (exact) mass is 463 g/mol. The molecule has 0 radical (unpaired) electrons. The molecule has 0 bridgehead atoms. The highest BCUT2D eigenvalue weighted by molar-refractivity contribution is 7.99. The van der Waals surface area contributed by atoms with Crippen LogP contribution in [-0.4, -0.2) is 43.8 Å². The zero-order valence-electron chi connectivity index (χ0n) is 19.2. The van der Waals surface area contributed by atoms with Gasteiger partial charge in [0, 0.05) is 24.8 Å². The molecule has 1 fully saturated rings. The van der Waals surface area contributed by atoms with Crippen molar-refractivity contribution in [2.45, 2.75) is 44.3 Å². The minimum atomic E-state index is -0.115. The van der Waals surface area contributed by atoms with Crippen LogP contribution in [0.2, 0.25) is 0 Å². The van der Waals surface area contributed by atoms with Crippen LogP contribution in [0.15, 0.2) is 53.7 Å². The number of rotatable bonds is 7. The average molecular weight is 464 g/mol. The molecule has 33 heavy (non-hydrogen) atoms. The second-order valence-electron chi connectivity index (χ2n) is 8.31. The fraction of sp³-hybridized carbons (Fsp3) is 0.360. The quantitative estimate of drug-likeness (QED) is 0.526. The SMILES string of the molecule is CCc1ccc(NC(=O)CSc2nnc(C3CCCN3C(=O)c3cccc(C)c3)n2C)cc1. The molecule has 1 unspecified atom stereocenters. The Morgan fingerprint density at radius 2 is 1.94 bits per heavy atom. The molecule has 3 aromatic rings. The number of benzene rings is 2. The molecule has 2 aromatic carbocycles. The van der Waals surface area contributed by atoms with Crippen LogP contribution in [0.4, 0.5) is 5.69 Å². The van der Waals surface area contributed by atoms with Crippen molar-refractivity contribution in [1.29, 1.82) is 0 Å². The summed E-state index contributed by atoms with van der Waals surface area (Å²) >= 11 is 1.34. The third-order valence-corrected chi connectivity index (χ3v) is 6.94. The second-order valence-corrected chi connectivity index (χ2v) is 9.26. The summed E-state index contributed by atoms with van der Waals surface area (Å²) in [6.45, 7) is 4.79. The minimum Gasteiger partial charge on any atom is -0.328 e. The molecule has 0 spiro atoms. The number of anilines is 1. The van der Waals surface area contributed by atoms with Crippen LogP contribution in [0.1, 0.15) is 53.1 Å². The Bertz CT molecular complexity index is 1140. The lowest BCUT2D eigenvalue weighted by atomic mass is 10.1. The van der Waals surface area contributed by atoms with Gasteiger partial charge >= 0.3 is 0 Å². The van der Waals surface area contributed by atoms with E-state index < -0.39 is 0 Å². The van der Waals surface area contributed by atoms with Gasteiger partial charge < -0.3 is 14.8 Å². The number of amides is 2. The van der Waals surface area contributed by atoms with E-state index in [1.165, 1.54) is 17.3 Å². The van der Waals surface area contributed by atoms with E-state index in [1.807, 2.05) is 72.0 Å². The third kappa shape index (κ3) is 5.27. The van der Waals surface area contributed by atoms with Crippen LogP contribution in [0.25, 0.3) is 0 Å². The van der Waals surface area contributed by atoms with Crippen molar-refractivity contribution < 1.29 is 9.59 Å². The van der Waals surface area contributed by atoms with Gasteiger partial charge in [0.05, 0.1) is 11.8 Å². The number of aromatic nitrogens is 3. The van der Waals surface area contributed by atoms with Crippen molar-refractivity contribution >= 4 is 29.3 Å². The van der Waals surface area contributed by atoms with E-state index in [-0.39, 0.29) is 23.6 Å². The number of nitrogens with zero attached hydrogens (tertiary/aromatic N) is 4. The first kappa shape index (κ1) is 23.0. The van der Waals surface area contributed by atoms with Crippen LogP contribution >= 0.6 is 11.8 Å². The topological polar surface area (TPSA) is 80.1 Å². The molecule has 4 rings (SSSR count). The van der Waals surface area contributed by atoms with Crippen LogP contribution in [0, 0.1) is 6.92 Å². The van der Waals surface area contributed by atoms with Gasteiger partial charge in [-0.15, -0.1) is 10.2 Å². The van der Waals surface area contributed by atoms with Gasteiger partial charge in [0.25, 0.3) is 5.91 Å². The number of carbonyl (C=O) groups excluding carboxylic acids is 2. The Morgan fingerprint density at radius 1 is 1.15 bits per heavy atom. The predicted molar refractivity (Wildman–Crippen MR) is 130 cm³/mol. The highest BCUT2D eigenvalue weighted by Crippen LogP contribution is 2.33. The molecule has 1 aromatic heterocycles. The maximum atomic E-state index is 13.1. The van der Waals surface area contributed by atoms with Crippen molar-refractivity contribution in [1.82, 2.24) is 19.7 Å². The molecule has 172 valence electrons. The number of aryl methyl sites for hydroxylation is 2. The predicted octanol–water partition coefficient (Wildman–Crippen LogP) is 4.39. The van der Waals surface area contributed by atoms with E-state index >= 15 is 0 Å². The van der Waals surface area contributed by atoms with E-state index in [2.05, 4.69) is 22.4 Å². The summed E-state index contributed by atoms with van der Waals surface area (Å²) in [5.41, 5.74) is 3.78. The van der Waals surface area contributed by atoms with Crippen molar-refractivity contribution in [2.75, 3.05) is 17.6 Å². The molecule has 1 atom stereocenters. The maximum Gasteiger partial charge on any atom is 0.254 e. The fourth-order valence-electron chi connectivity index (χ4n) is 4.12. The molecular weight excluding hydrogens is 434 g/mol. The summed E-state index contributed by atoms with van der Waals surface area (Å²) in [5.74, 6) is 0.919. The lowest BCUT2D eigenvalue weighted by molar-refractivity contribution is -0.113. The van der Waals surface area contributed by atoms with E-state index in [4.69, 9.17) is 0 Å². The molecular formula is C25H29N5O2S. The Labute approximate surface area is 198 Å². The number of thioether (sulfide) groups is 1. The molecule has 0 aliphatic carbocycles. The summed E-state index contributed by atoms with van der Waals surface area (Å²) in [6.07, 6.45) is 2.74. The van der Waals surface area contributed by atoms with Crippen LogP contribution in [0.5, 0.6) is 0 Å². The average Bonchev–Trinajstić information content (AvgIpc) is 3.44. The molecule has 2 heterocycles. The van der Waals surface area contributed by atoms with Crippen LogP contribution < -0.4 is 5.32 Å². The first-order chi connectivity index (χ1) is 16.0. The molecule has 1 saturated heterocycles. The third-order valence-electron chi connectivity index (χ3n) is 5.92. The normalized spacial score (nSPS) is 15.6. The second kappa shape index (κ2) is 10.2. The van der Waals surface area contributed by atoms with Gasteiger partial charge in [-0.25, -0.2) is 0 Å². The van der Waals surface area contributed by atoms with Gasteiger partial charge in [0.15, 0.2) is 11.0 Å². The van der Waals surface area contributed by atoms with Crippen molar-refractivity contribution in [3.8, 4) is 0 Å². The van der Waals surface area contributed by atoms with Gasteiger partial charge in [0.1, 0.15) is 0 Å². The summed E-state index contributed by atoms with van der Waals surface area (Å²) in [6, 6.07) is 15.4. The Kier molecular flexibility index (Phi) is 7.13. The largest absolute Gasteiger partial charge is 0.328 e. The maximum absolute atomic E-state index is 13.1. The van der Waals surface area contributed by atoms with Gasteiger partial charge in [-0.1, -0.05) is 48.5 Å². The number of nitrogens with one attached hydrogen (secondary N) is 1. The molecule has 2 amide bonds. The minimum absolute atomic E-state index is 0.0203. The zero-order chi connectivity index (χ0) is 23.4.